The minimum absolute atomic E-state index is 0.119. The van der Waals surface area contributed by atoms with E-state index in [-0.39, 0.29) is 16.7 Å². The second-order valence-corrected chi connectivity index (χ2v) is 12.3. The molecule has 0 aromatic heterocycles. The molecule has 2 rings (SSSR count). The molecule has 7 nitrogen and oxygen atoms in total. The van der Waals surface area contributed by atoms with Crippen LogP contribution in [0.1, 0.15) is 94.4 Å². The first-order chi connectivity index (χ1) is 17.0. The maximum absolute atomic E-state index is 13.2. The highest BCUT2D eigenvalue weighted by Gasteiger charge is 2.55. The van der Waals surface area contributed by atoms with Crippen LogP contribution < -0.4 is 0 Å². The Morgan fingerprint density at radius 1 is 1.22 bits per heavy atom. The van der Waals surface area contributed by atoms with E-state index in [1.165, 1.54) is 25.5 Å². The molecule has 208 valence electrons. The topological polar surface area (TPSA) is 110 Å². The number of carboxylic acid groups (broad SMARTS) is 1. The molecular weight excluding hydrogens is 472 g/mol. The van der Waals surface area contributed by atoms with Gasteiger partial charge >= 0.3 is 17.9 Å². The van der Waals surface area contributed by atoms with E-state index >= 15 is 0 Å². The summed E-state index contributed by atoms with van der Waals surface area (Å²) in [6.45, 7) is 16.8. The lowest BCUT2D eigenvalue weighted by Gasteiger charge is -2.58. The van der Waals surface area contributed by atoms with Crippen molar-refractivity contribution in [3.05, 3.63) is 34.9 Å². The first kappa shape index (κ1) is 30.8. The van der Waals surface area contributed by atoms with Gasteiger partial charge < -0.3 is 19.7 Å². The van der Waals surface area contributed by atoms with Crippen LogP contribution in [0, 0.1) is 22.7 Å². The van der Waals surface area contributed by atoms with Gasteiger partial charge in [-0.2, -0.15) is 0 Å². The summed E-state index contributed by atoms with van der Waals surface area (Å²) < 4.78 is 11.3. The lowest BCUT2D eigenvalue weighted by Crippen LogP contribution is -2.55. The van der Waals surface area contributed by atoms with Gasteiger partial charge in [0.25, 0.3) is 0 Å². The van der Waals surface area contributed by atoms with Crippen molar-refractivity contribution in [2.24, 2.45) is 22.7 Å². The average Bonchev–Trinajstić information content (AvgIpc) is 2.76. The largest absolute Gasteiger partial charge is 0.478 e. The first-order valence-corrected chi connectivity index (χ1v) is 13.3. The lowest BCUT2D eigenvalue weighted by molar-refractivity contribution is -0.195. The quantitative estimate of drug-likeness (QED) is 0.227. The summed E-state index contributed by atoms with van der Waals surface area (Å²) in [5, 5.41) is 20.1. The Labute approximate surface area is 222 Å². The molecule has 7 heteroatoms. The van der Waals surface area contributed by atoms with Gasteiger partial charge in [-0.15, -0.1) is 0 Å². The number of carbonyl (C=O) groups excluding carboxylic acids is 2. The van der Waals surface area contributed by atoms with Crippen molar-refractivity contribution in [3.63, 3.8) is 0 Å². The normalized spacial score (nSPS) is 30.3. The lowest BCUT2D eigenvalue weighted by atomic mass is 9.47. The Morgan fingerprint density at radius 3 is 2.41 bits per heavy atom. The van der Waals surface area contributed by atoms with Crippen LogP contribution in [0.4, 0.5) is 0 Å². The third-order valence-corrected chi connectivity index (χ3v) is 8.90. The number of aliphatic hydroxyl groups is 1. The van der Waals surface area contributed by atoms with E-state index < -0.39 is 35.7 Å². The Bertz CT molecular complexity index is 984. The zero-order valence-electron chi connectivity index (χ0n) is 24.0. The predicted octanol–water partition coefficient (Wildman–Crippen LogP) is 5.77. The number of aliphatic carboxylic acids is 1. The molecule has 0 saturated heterocycles. The molecule has 0 aromatic carbocycles. The minimum Gasteiger partial charge on any atom is -0.478 e. The van der Waals surface area contributed by atoms with E-state index in [0.29, 0.717) is 30.8 Å². The Hall–Kier alpha value is -2.41. The molecule has 2 aliphatic carbocycles. The summed E-state index contributed by atoms with van der Waals surface area (Å²) in [5.74, 6) is -1.73. The van der Waals surface area contributed by atoms with Crippen molar-refractivity contribution in [2.75, 3.05) is 0 Å². The molecule has 6 atom stereocenters. The fourth-order valence-electron chi connectivity index (χ4n) is 6.48. The van der Waals surface area contributed by atoms with Crippen LogP contribution in [0.2, 0.25) is 0 Å². The molecule has 0 radical (unpaired) electrons. The van der Waals surface area contributed by atoms with Gasteiger partial charge in [-0.3, -0.25) is 0 Å². The van der Waals surface area contributed by atoms with Gasteiger partial charge in [0.2, 0.25) is 0 Å². The Balaban J connectivity index is 2.25. The number of allylic oxidation sites excluding steroid dienone is 4. The van der Waals surface area contributed by atoms with Gasteiger partial charge in [0.15, 0.2) is 5.60 Å². The number of carbonyl (C=O) groups is 3. The third-order valence-electron chi connectivity index (χ3n) is 8.90. The monoisotopic (exact) mass is 518 g/mol. The summed E-state index contributed by atoms with van der Waals surface area (Å²) in [6.07, 6.45) is 7.46. The van der Waals surface area contributed by atoms with Gasteiger partial charge in [0.1, 0.15) is 12.2 Å². The Kier molecular flexibility index (Phi) is 9.61. The van der Waals surface area contributed by atoms with Crippen molar-refractivity contribution in [1.82, 2.24) is 0 Å². The molecule has 0 aliphatic heterocycles. The average molecular weight is 519 g/mol. The smallest absolute Gasteiger partial charge is 0.342 e. The minimum atomic E-state index is -1.99. The molecule has 0 amide bonds. The first-order valence-electron chi connectivity index (χ1n) is 13.3. The molecule has 37 heavy (non-hydrogen) atoms. The second-order valence-electron chi connectivity index (χ2n) is 12.3. The van der Waals surface area contributed by atoms with E-state index in [4.69, 9.17) is 14.6 Å². The highest BCUT2D eigenvalue weighted by atomic mass is 16.6. The van der Waals surface area contributed by atoms with Crippen molar-refractivity contribution in [3.8, 4) is 0 Å². The molecule has 0 aromatic rings. The van der Waals surface area contributed by atoms with E-state index in [1.807, 2.05) is 6.92 Å². The van der Waals surface area contributed by atoms with Crippen LogP contribution in [0.5, 0.6) is 0 Å². The Morgan fingerprint density at radius 2 is 1.84 bits per heavy atom. The molecule has 2 aliphatic rings. The molecule has 2 N–H and O–H groups in total. The zero-order chi connectivity index (χ0) is 28.3. The van der Waals surface area contributed by atoms with E-state index in [9.17, 15) is 19.5 Å². The fraction of sp³-hybridized carbons (Fsp3) is 0.700. The molecule has 0 spiro atoms. The molecule has 1 fully saturated rings. The molecular formula is C30H46O7. The van der Waals surface area contributed by atoms with Gasteiger partial charge in [-0.1, -0.05) is 44.1 Å². The third kappa shape index (κ3) is 6.92. The number of rotatable bonds is 9. The maximum atomic E-state index is 13.2. The van der Waals surface area contributed by atoms with Crippen molar-refractivity contribution in [1.29, 1.82) is 0 Å². The number of carboxylic acids is 1. The van der Waals surface area contributed by atoms with Gasteiger partial charge in [0, 0.05) is 11.6 Å². The summed E-state index contributed by atoms with van der Waals surface area (Å²) >= 11 is 0. The number of ether oxygens (including phenoxy) is 2. The van der Waals surface area contributed by atoms with Crippen LogP contribution in [-0.4, -0.2) is 45.9 Å². The van der Waals surface area contributed by atoms with Crippen LogP contribution >= 0.6 is 0 Å². The summed E-state index contributed by atoms with van der Waals surface area (Å²) in [7, 11) is 0. The van der Waals surface area contributed by atoms with Gasteiger partial charge in [0.05, 0.1) is 0 Å². The number of hydrogen-bond donors (Lipinski definition) is 2. The molecule has 6 unspecified atom stereocenters. The maximum Gasteiger partial charge on any atom is 0.342 e. The molecule has 0 heterocycles. The van der Waals surface area contributed by atoms with E-state index in [1.54, 1.807) is 19.9 Å². The van der Waals surface area contributed by atoms with Crippen LogP contribution in [0.3, 0.4) is 0 Å². The SMILES string of the molecule is CC=C(C)C(=O)OC(C)C(C)(O)C(=O)OC1CC(C)(C)C2CC=C(C)C(CCC(C)=CC(=O)O)C2(C)C1. The standard InChI is InChI=1S/C30H46O7/c1-10-19(3)26(33)36-21(5)30(9,35)27(34)37-22-16-28(6,7)24-14-12-20(4)23(29(24,8)17-22)13-11-18(2)15-25(31)32/h10,12,15,21-24,35H,11,13-14,16-17H2,1-9H3,(H,31,32). The second kappa shape index (κ2) is 11.5. The van der Waals surface area contributed by atoms with Crippen LogP contribution in [0.25, 0.3) is 0 Å². The van der Waals surface area contributed by atoms with E-state index in [0.717, 1.165) is 18.4 Å². The summed E-state index contributed by atoms with van der Waals surface area (Å²) in [4.78, 5) is 36.4. The highest BCUT2D eigenvalue weighted by Crippen LogP contribution is 2.61. The summed E-state index contributed by atoms with van der Waals surface area (Å²) in [6, 6.07) is 0. The fourth-order valence-corrected chi connectivity index (χ4v) is 6.48. The summed E-state index contributed by atoms with van der Waals surface area (Å²) in [5.41, 5.74) is 0.234. The molecule has 1 saturated carbocycles. The van der Waals surface area contributed by atoms with Crippen molar-refractivity contribution in [2.45, 2.75) is 112 Å². The number of hydrogen-bond acceptors (Lipinski definition) is 6. The number of fused-ring (bicyclic) bond motifs is 1. The van der Waals surface area contributed by atoms with E-state index in [2.05, 4.69) is 33.8 Å². The zero-order valence-corrected chi connectivity index (χ0v) is 24.0. The van der Waals surface area contributed by atoms with Crippen molar-refractivity contribution >= 4 is 17.9 Å². The highest BCUT2D eigenvalue weighted by molar-refractivity contribution is 5.88. The predicted molar refractivity (Wildman–Crippen MR) is 143 cm³/mol. The van der Waals surface area contributed by atoms with Gasteiger partial charge in [-0.25, -0.2) is 14.4 Å². The van der Waals surface area contributed by atoms with Crippen LogP contribution in [0.15, 0.2) is 34.9 Å². The van der Waals surface area contributed by atoms with Gasteiger partial charge in [-0.05, 0) is 96.3 Å². The van der Waals surface area contributed by atoms with Crippen molar-refractivity contribution < 1.29 is 34.1 Å². The number of esters is 2. The molecule has 0 bridgehead atoms. The van der Waals surface area contributed by atoms with Crippen LogP contribution in [-0.2, 0) is 23.9 Å².